The Labute approximate surface area is 103 Å². The van der Waals surface area contributed by atoms with E-state index in [0.29, 0.717) is 15.6 Å². The molecule has 0 amide bonds. The van der Waals surface area contributed by atoms with Gasteiger partial charge in [-0.1, -0.05) is 29.4 Å². The molecule has 0 saturated carbocycles. The molecule has 0 radical (unpaired) electrons. The third-order valence-electron chi connectivity index (χ3n) is 1.94. The summed E-state index contributed by atoms with van der Waals surface area (Å²) in [6, 6.07) is 10.9. The predicted octanol–water partition coefficient (Wildman–Crippen LogP) is 3.70. The normalized spacial score (nSPS) is 10.1. The van der Waals surface area contributed by atoms with Gasteiger partial charge in [-0.25, -0.2) is 4.98 Å². The van der Waals surface area contributed by atoms with Crippen LogP contribution in [0, 0.1) is 0 Å². The van der Waals surface area contributed by atoms with E-state index in [1.165, 1.54) is 11.8 Å². The quantitative estimate of drug-likeness (QED) is 0.777. The maximum atomic E-state index is 10.8. The van der Waals surface area contributed by atoms with Crippen LogP contribution in [0.25, 0.3) is 0 Å². The summed E-state index contributed by atoms with van der Waals surface area (Å²) in [5.41, 5.74) is 0.590. The highest BCUT2D eigenvalue weighted by Crippen LogP contribution is 2.29. The zero-order chi connectivity index (χ0) is 11.4. The molecule has 4 heteroatoms. The molecule has 80 valence electrons. The van der Waals surface area contributed by atoms with Crippen LogP contribution in [0.4, 0.5) is 0 Å². The average molecular weight is 250 g/mol. The minimum atomic E-state index is 0.590. The number of hydrogen-bond acceptors (Lipinski definition) is 3. The van der Waals surface area contributed by atoms with Crippen LogP contribution < -0.4 is 0 Å². The Morgan fingerprint density at radius 1 is 1.25 bits per heavy atom. The summed E-state index contributed by atoms with van der Waals surface area (Å²) < 4.78 is 0. The number of pyridine rings is 1. The van der Waals surface area contributed by atoms with Crippen molar-refractivity contribution in [1.82, 2.24) is 4.98 Å². The molecule has 0 aliphatic rings. The number of halogens is 1. The number of rotatable bonds is 3. The smallest absolute Gasteiger partial charge is 0.152 e. The van der Waals surface area contributed by atoms with Gasteiger partial charge in [0.05, 0.1) is 0 Å². The Kier molecular flexibility index (Phi) is 3.59. The Morgan fingerprint density at radius 3 is 2.88 bits per heavy atom. The molecule has 0 unspecified atom stereocenters. The summed E-state index contributed by atoms with van der Waals surface area (Å²) in [4.78, 5) is 15.9. The van der Waals surface area contributed by atoms with Crippen molar-refractivity contribution in [2.24, 2.45) is 0 Å². The monoisotopic (exact) mass is 249 g/mol. The van der Waals surface area contributed by atoms with Crippen LogP contribution in [-0.2, 0) is 0 Å². The van der Waals surface area contributed by atoms with Gasteiger partial charge in [-0.3, -0.25) is 4.79 Å². The van der Waals surface area contributed by atoms with Crippen LogP contribution in [0.15, 0.2) is 52.5 Å². The fourth-order valence-electron chi connectivity index (χ4n) is 1.22. The van der Waals surface area contributed by atoms with E-state index < -0.39 is 0 Å². The van der Waals surface area contributed by atoms with E-state index in [2.05, 4.69) is 4.98 Å². The number of nitrogens with zero attached hydrogens (tertiary/aromatic N) is 1. The highest BCUT2D eigenvalue weighted by atomic mass is 35.5. The molecule has 0 spiro atoms. The molecule has 0 aliphatic carbocycles. The van der Waals surface area contributed by atoms with Gasteiger partial charge < -0.3 is 0 Å². The van der Waals surface area contributed by atoms with Crippen molar-refractivity contribution in [3.63, 3.8) is 0 Å². The molecule has 2 aromatic rings. The Bertz CT molecular complexity index is 516. The van der Waals surface area contributed by atoms with Crippen molar-refractivity contribution >= 4 is 29.6 Å². The zero-order valence-electron chi connectivity index (χ0n) is 8.26. The molecule has 1 aromatic carbocycles. The van der Waals surface area contributed by atoms with Crippen molar-refractivity contribution in [2.45, 2.75) is 9.92 Å². The van der Waals surface area contributed by atoms with Crippen LogP contribution in [0.3, 0.4) is 0 Å². The molecule has 16 heavy (non-hydrogen) atoms. The fraction of sp³-hybridized carbons (Fsp3) is 0. The summed E-state index contributed by atoms with van der Waals surface area (Å²) in [6.45, 7) is 0. The van der Waals surface area contributed by atoms with Crippen LogP contribution in [0.5, 0.6) is 0 Å². The third-order valence-corrected chi connectivity index (χ3v) is 3.20. The number of carbonyl (C=O) groups excluding carboxylic acids is 1. The summed E-state index contributed by atoms with van der Waals surface area (Å²) in [6.07, 6.45) is 2.47. The first-order valence-electron chi connectivity index (χ1n) is 4.63. The van der Waals surface area contributed by atoms with E-state index in [9.17, 15) is 4.79 Å². The first kappa shape index (κ1) is 11.2. The van der Waals surface area contributed by atoms with E-state index in [1.807, 2.05) is 24.3 Å². The van der Waals surface area contributed by atoms with E-state index in [-0.39, 0.29) is 0 Å². The molecule has 0 atom stereocenters. The second kappa shape index (κ2) is 5.14. The van der Waals surface area contributed by atoms with E-state index in [1.54, 1.807) is 18.3 Å². The SMILES string of the molecule is O=Cc1cccnc1Sc1cccc(Cl)c1. The molecule has 2 nitrogen and oxygen atoms in total. The van der Waals surface area contributed by atoms with Gasteiger partial charge in [-0.05, 0) is 30.3 Å². The van der Waals surface area contributed by atoms with Crippen LogP contribution in [-0.4, -0.2) is 11.3 Å². The van der Waals surface area contributed by atoms with Crippen molar-refractivity contribution < 1.29 is 4.79 Å². The maximum absolute atomic E-state index is 10.8. The van der Waals surface area contributed by atoms with Crippen LogP contribution >= 0.6 is 23.4 Å². The molecular formula is C12H8ClNOS. The lowest BCUT2D eigenvalue weighted by Gasteiger charge is -2.03. The number of benzene rings is 1. The third kappa shape index (κ3) is 2.62. The largest absolute Gasteiger partial charge is 0.298 e. The Morgan fingerprint density at radius 2 is 2.12 bits per heavy atom. The molecular weight excluding hydrogens is 242 g/mol. The van der Waals surface area contributed by atoms with Gasteiger partial charge in [-0.15, -0.1) is 0 Å². The summed E-state index contributed by atoms with van der Waals surface area (Å²) >= 11 is 7.31. The van der Waals surface area contributed by atoms with Gasteiger partial charge in [0.15, 0.2) is 6.29 Å². The minimum Gasteiger partial charge on any atom is -0.298 e. The standard InChI is InChI=1S/C12H8ClNOS/c13-10-4-1-5-11(7-10)16-12-9(8-15)3-2-6-14-12/h1-8H. The average Bonchev–Trinajstić information content (AvgIpc) is 2.30. The predicted molar refractivity (Wildman–Crippen MR) is 65.2 cm³/mol. The lowest BCUT2D eigenvalue weighted by atomic mass is 10.3. The second-order valence-corrected chi connectivity index (χ2v) is 4.57. The topological polar surface area (TPSA) is 30.0 Å². The van der Waals surface area contributed by atoms with E-state index in [4.69, 9.17) is 11.6 Å². The van der Waals surface area contributed by atoms with Crippen molar-refractivity contribution in [2.75, 3.05) is 0 Å². The van der Waals surface area contributed by atoms with Crippen LogP contribution in [0.1, 0.15) is 10.4 Å². The molecule has 0 bridgehead atoms. The number of hydrogen-bond donors (Lipinski definition) is 0. The Hall–Kier alpha value is -1.32. The number of aldehydes is 1. The van der Waals surface area contributed by atoms with E-state index in [0.717, 1.165) is 11.2 Å². The zero-order valence-corrected chi connectivity index (χ0v) is 9.83. The minimum absolute atomic E-state index is 0.590. The first-order valence-corrected chi connectivity index (χ1v) is 5.82. The van der Waals surface area contributed by atoms with Crippen LogP contribution in [0.2, 0.25) is 5.02 Å². The van der Waals surface area contributed by atoms with Gasteiger partial charge in [0.1, 0.15) is 5.03 Å². The summed E-state index contributed by atoms with van der Waals surface area (Å²) in [5, 5.41) is 1.37. The molecule has 0 N–H and O–H groups in total. The van der Waals surface area contributed by atoms with Gasteiger partial charge in [0.2, 0.25) is 0 Å². The molecule has 2 rings (SSSR count). The number of aromatic nitrogens is 1. The van der Waals surface area contributed by atoms with Gasteiger partial charge in [0, 0.05) is 21.7 Å². The maximum Gasteiger partial charge on any atom is 0.152 e. The Balaban J connectivity index is 2.30. The highest BCUT2D eigenvalue weighted by molar-refractivity contribution is 7.99. The van der Waals surface area contributed by atoms with Gasteiger partial charge in [-0.2, -0.15) is 0 Å². The first-order chi connectivity index (χ1) is 7.79. The highest BCUT2D eigenvalue weighted by Gasteiger charge is 2.04. The van der Waals surface area contributed by atoms with Crippen molar-refractivity contribution in [1.29, 1.82) is 0 Å². The lowest BCUT2D eigenvalue weighted by molar-refractivity contribution is 0.112. The molecule has 1 heterocycles. The van der Waals surface area contributed by atoms with E-state index >= 15 is 0 Å². The summed E-state index contributed by atoms with van der Waals surface area (Å²) in [7, 11) is 0. The molecule has 1 aromatic heterocycles. The summed E-state index contributed by atoms with van der Waals surface area (Å²) in [5.74, 6) is 0. The van der Waals surface area contributed by atoms with Gasteiger partial charge in [0.25, 0.3) is 0 Å². The second-order valence-electron chi connectivity index (χ2n) is 3.08. The number of carbonyl (C=O) groups is 1. The fourth-order valence-corrected chi connectivity index (χ4v) is 2.38. The molecule has 0 fully saturated rings. The molecule has 0 saturated heterocycles. The molecule has 0 aliphatic heterocycles. The van der Waals surface area contributed by atoms with Gasteiger partial charge >= 0.3 is 0 Å². The lowest BCUT2D eigenvalue weighted by Crippen LogP contribution is -1.88. The van der Waals surface area contributed by atoms with Crippen molar-refractivity contribution in [3.8, 4) is 0 Å². The van der Waals surface area contributed by atoms with Crippen molar-refractivity contribution in [3.05, 3.63) is 53.2 Å².